The number of fused-ring (bicyclic) bond motifs is 5. The molecule has 13 rings (SSSR count). The second kappa shape index (κ2) is 20.6. The van der Waals surface area contributed by atoms with Crippen molar-refractivity contribution in [2.24, 2.45) is 22.7 Å². The highest BCUT2D eigenvalue weighted by Gasteiger charge is 2.66. The maximum Gasteiger partial charge on any atom is 0.255 e. The number of aliphatic imine (C=N–C) groups is 1. The Bertz CT molecular complexity index is 3070. The third kappa shape index (κ3) is 9.66. The Morgan fingerprint density at radius 1 is 0.763 bits per heavy atom. The van der Waals surface area contributed by atoms with Gasteiger partial charge in [-0.05, 0) is 181 Å². The lowest BCUT2D eigenvalue weighted by molar-refractivity contribution is -0.173. The van der Waals surface area contributed by atoms with Crippen LogP contribution in [0, 0.1) is 17.8 Å². The number of carbonyl (C=O) groups excluding carboxylic acids is 3. The third-order valence-electron chi connectivity index (χ3n) is 19.4. The maximum absolute atomic E-state index is 13.3. The predicted octanol–water partition coefficient (Wildman–Crippen LogP) is 9.25. The molecule has 4 N–H and O–H groups in total. The van der Waals surface area contributed by atoms with E-state index in [2.05, 4.69) is 111 Å². The molecule has 3 saturated carbocycles. The quantitative estimate of drug-likeness (QED) is 0.0862. The third-order valence-corrected chi connectivity index (χ3v) is 19.4. The lowest BCUT2D eigenvalue weighted by Gasteiger charge is -2.63. The summed E-state index contributed by atoms with van der Waals surface area (Å²) in [4.78, 5) is 52.9. The molecule has 8 aliphatic rings. The van der Waals surface area contributed by atoms with Crippen molar-refractivity contribution in [3.63, 3.8) is 0 Å². The van der Waals surface area contributed by atoms with Crippen molar-refractivity contribution in [1.82, 2.24) is 25.4 Å². The van der Waals surface area contributed by atoms with Gasteiger partial charge in [0.1, 0.15) is 11.5 Å². The van der Waals surface area contributed by atoms with E-state index >= 15 is 0 Å². The van der Waals surface area contributed by atoms with Gasteiger partial charge in [-0.15, -0.1) is 0 Å². The van der Waals surface area contributed by atoms with Crippen LogP contribution in [0.15, 0.2) is 114 Å². The first kappa shape index (κ1) is 50.5. The van der Waals surface area contributed by atoms with Crippen molar-refractivity contribution in [3.05, 3.63) is 160 Å². The van der Waals surface area contributed by atoms with Crippen LogP contribution in [0.2, 0.25) is 0 Å². The normalized spacial score (nSPS) is 27.3. The van der Waals surface area contributed by atoms with Crippen LogP contribution < -0.4 is 10.6 Å². The Kier molecular flexibility index (Phi) is 13.7. The van der Waals surface area contributed by atoms with Gasteiger partial charge in [0.15, 0.2) is 0 Å². The van der Waals surface area contributed by atoms with Crippen LogP contribution in [-0.4, -0.2) is 112 Å². The number of amides is 2. The summed E-state index contributed by atoms with van der Waals surface area (Å²) in [6.07, 6.45) is 19.0. The zero-order chi connectivity index (χ0) is 52.2. The number of benzene rings is 4. The Morgan fingerprint density at radius 2 is 1.45 bits per heavy atom. The number of aromatic hydroxyl groups is 1. The van der Waals surface area contributed by atoms with E-state index in [1.54, 1.807) is 12.3 Å². The summed E-state index contributed by atoms with van der Waals surface area (Å²) in [5, 5.41) is 30.1. The molecule has 11 heteroatoms. The number of Topliss-reactive ketones (excluding diaryl/α,β-unsaturated/α-hetero) is 1. The number of nitrogens with one attached hydrogen (secondary N) is 2. The number of hydrogen-bond donors (Lipinski definition) is 4. The Balaban J connectivity index is 0.000000155. The summed E-state index contributed by atoms with van der Waals surface area (Å²) in [6, 6.07) is 31.5. The number of phenolic OH excluding ortho intramolecular Hbond substituents is 1. The van der Waals surface area contributed by atoms with Crippen molar-refractivity contribution in [1.29, 1.82) is 0 Å². The summed E-state index contributed by atoms with van der Waals surface area (Å²) in [7, 11) is 0. The highest BCUT2D eigenvalue weighted by atomic mass is 16.3. The highest BCUT2D eigenvalue weighted by molar-refractivity contribution is 6.11. The molecule has 5 aromatic rings. The number of nitrogens with zero attached hydrogens (tertiary/aromatic N) is 4. The molecule has 4 heterocycles. The van der Waals surface area contributed by atoms with Gasteiger partial charge in [0.05, 0.1) is 17.7 Å². The molecule has 11 nitrogen and oxygen atoms in total. The van der Waals surface area contributed by atoms with Crippen LogP contribution in [0.5, 0.6) is 5.75 Å². The zero-order valence-corrected chi connectivity index (χ0v) is 44.4. The van der Waals surface area contributed by atoms with Crippen LogP contribution in [0.4, 0.5) is 0 Å². The standard InChI is InChI=1S/C34H37N3O4.C31H37N3O/c38-27-11-13-34(41)29-18-25-9-10-28(31(39)30(25)33(34,19-27)14-17-37(29)21-23-3-4-23)32(40)36-16-12-22-5-7-24(8-6-22)26-2-1-15-35-20-26;1-21-29-18-25-9-10-26(17-28(25)31(21,2)13-16-34(29)20-23-3-4-23)30(35)33-15-11-22-5-7-24(8-6-22)27-12-14-32-19-27/h1-2,5-10,15,20,23,29,39,41H,3-4,11-14,16-19,21H2,(H,36,40);5-10,12,17,19,21,23,29H,3-4,11,13-16,18,20H2,1-2H3,(H,33,35)/t29-,33-,34-;21-,29+,31-/m10/s1. The van der Waals surface area contributed by atoms with E-state index in [1.165, 1.54) is 73.0 Å². The number of pyridine rings is 1. The van der Waals surface area contributed by atoms with Crippen molar-refractivity contribution in [2.45, 2.75) is 126 Å². The van der Waals surface area contributed by atoms with E-state index < -0.39 is 11.0 Å². The summed E-state index contributed by atoms with van der Waals surface area (Å²) >= 11 is 0. The molecule has 5 aliphatic carbocycles. The molecule has 4 bridgehead atoms. The second-order valence-electron chi connectivity index (χ2n) is 24.0. The van der Waals surface area contributed by atoms with Crippen LogP contribution in [0.25, 0.3) is 16.7 Å². The largest absolute Gasteiger partial charge is 0.507 e. The molecule has 0 radical (unpaired) electrons. The molecule has 6 atom stereocenters. The smallest absolute Gasteiger partial charge is 0.255 e. The van der Waals surface area contributed by atoms with Gasteiger partial charge in [-0.1, -0.05) is 86.7 Å². The molecule has 394 valence electrons. The van der Waals surface area contributed by atoms with Crippen LogP contribution in [-0.2, 0) is 41.3 Å². The second-order valence-corrected chi connectivity index (χ2v) is 24.0. The molecule has 0 spiro atoms. The minimum Gasteiger partial charge on any atom is -0.507 e. The number of ketones is 1. The molecule has 76 heavy (non-hydrogen) atoms. The molecular formula is C65H74N6O5. The van der Waals surface area contributed by atoms with Gasteiger partial charge < -0.3 is 20.8 Å². The van der Waals surface area contributed by atoms with E-state index in [9.17, 15) is 24.6 Å². The molecule has 3 aliphatic heterocycles. The average molecular weight is 1020 g/mol. The Morgan fingerprint density at radius 3 is 2.13 bits per heavy atom. The summed E-state index contributed by atoms with van der Waals surface area (Å²) in [5.41, 5.74) is 10.6. The molecular weight excluding hydrogens is 945 g/mol. The molecule has 2 saturated heterocycles. The topological polar surface area (TPSA) is 147 Å². The van der Waals surface area contributed by atoms with Crippen molar-refractivity contribution >= 4 is 29.4 Å². The number of rotatable bonds is 14. The van der Waals surface area contributed by atoms with E-state index in [0.717, 1.165) is 66.2 Å². The monoisotopic (exact) mass is 1020 g/mol. The van der Waals surface area contributed by atoms with Crippen molar-refractivity contribution in [2.75, 3.05) is 45.8 Å². The van der Waals surface area contributed by atoms with E-state index in [0.29, 0.717) is 68.6 Å². The van der Waals surface area contributed by atoms with E-state index in [-0.39, 0.29) is 46.8 Å². The Labute approximate surface area is 448 Å². The number of hydrogen-bond acceptors (Lipinski definition) is 9. The molecule has 4 aromatic carbocycles. The van der Waals surface area contributed by atoms with Gasteiger partial charge in [0.25, 0.3) is 11.8 Å². The van der Waals surface area contributed by atoms with Crippen LogP contribution in [0.3, 0.4) is 0 Å². The predicted molar refractivity (Wildman–Crippen MR) is 299 cm³/mol. The minimum absolute atomic E-state index is 0.0429. The first-order valence-electron chi connectivity index (χ1n) is 28.4. The first-order valence-corrected chi connectivity index (χ1v) is 28.4. The average Bonchev–Trinajstić information content (AvgIpc) is 4.35. The SMILES string of the molecule is C[C@H]1[C@H]2Cc3ccc(C(=O)NCCc4ccc(C5=CCN=C5)cc4)cc3[C@@]1(C)CCN2CC1CC1.O=C1CC[C@@]2(O)[C@H]3Cc4ccc(C(=O)NCCc5ccc(-c6cccnc6)cc5)c(O)c4[C@@]2(CCN3CC2CC2)C1. The number of phenols is 1. The summed E-state index contributed by atoms with van der Waals surface area (Å²) in [5.74, 6) is 2.03. The minimum atomic E-state index is -1.09. The number of piperidine rings is 2. The zero-order valence-electron chi connectivity index (χ0n) is 44.4. The van der Waals surface area contributed by atoms with E-state index in [1.807, 2.05) is 36.7 Å². The molecule has 5 fully saturated rings. The highest BCUT2D eigenvalue weighted by Crippen LogP contribution is 2.60. The number of aliphatic hydroxyl groups is 1. The molecule has 2 amide bonds. The van der Waals surface area contributed by atoms with Gasteiger partial charge >= 0.3 is 0 Å². The number of allylic oxidation sites excluding steroid dienone is 1. The van der Waals surface area contributed by atoms with Gasteiger partial charge in [-0.25, -0.2) is 0 Å². The lowest BCUT2D eigenvalue weighted by Crippen LogP contribution is -2.73. The van der Waals surface area contributed by atoms with Gasteiger partial charge in [-0.3, -0.25) is 34.2 Å². The van der Waals surface area contributed by atoms with Gasteiger partial charge in [0, 0.05) is 86.3 Å². The maximum atomic E-state index is 13.3. The number of carbonyl (C=O) groups is 3. The first-order chi connectivity index (χ1) is 36.9. The number of likely N-dealkylation sites (tertiary alicyclic amines) is 2. The van der Waals surface area contributed by atoms with Crippen molar-refractivity contribution < 1.29 is 24.6 Å². The van der Waals surface area contributed by atoms with Crippen molar-refractivity contribution in [3.8, 4) is 16.9 Å². The number of aromatic nitrogens is 1. The Hall–Kier alpha value is -6.27. The molecule has 1 aromatic heterocycles. The van der Waals surface area contributed by atoms with Gasteiger partial charge in [0.2, 0.25) is 0 Å². The fraction of sp³-hybridized carbons (Fsp3) is 0.462. The molecule has 0 unspecified atom stereocenters. The van der Waals surface area contributed by atoms with Crippen LogP contribution in [0.1, 0.15) is 131 Å². The van der Waals surface area contributed by atoms with E-state index in [4.69, 9.17) is 0 Å². The fourth-order valence-corrected chi connectivity index (χ4v) is 14.4. The summed E-state index contributed by atoms with van der Waals surface area (Å²) < 4.78 is 0. The fourth-order valence-electron chi connectivity index (χ4n) is 14.4. The van der Waals surface area contributed by atoms with Crippen LogP contribution >= 0.6 is 0 Å². The van der Waals surface area contributed by atoms with Gasteiger partial charge in [-0.2, -0.15) is 0 Å². The summed E-state index contributed by atoms with van der Waals surface area (Å²) in [6.45, 7) is 11.0. The lowest BCUT2D eigenvalue weighted by atomic mass is 9.49.